The number of allylic oxidation sites excluding steroid dienone is 3. The highest BCUT2D eigenvalue weighted by Gasteiger charge is 2.54. The molecule has 3 aliphatic rings. The third kappa shape index (κ3) is 4.55. The van der Waals surface area contributed by atoms with E-state index in [9.17, 15) is 23.8 Å². The van der Waals surface area contributed by atoms with E-state index in [1.54, 1.807) is 0 Å². The number of aryl methyl sites for hydroxylation is 1. The molecule has 0 saturated heterocycles. The number of aliphatic hydroxyl groups is 1. The second-order valence-electron chi connectivity index (χ2n) is 10.7. The predicted molar refractivity (Wildman–Crippen MR) is 135 cm³/mol. The Balaban J connectivity index is 1.32. The Morgan fingerprint density at radius 1 is 1.08 bits per heavy atom. The summed E-state index contributed by atoms with van der Waals surface area (Å²) in [5.74, 6) is -1.98. The lowest BCUT2D eigenvalue weighted by molar-refractivity contribution is -0.0459. The monoisotopic (exact) mass is 491 g/mol. The fraction of sp³-hybridized carbons (Fsp3) is 0.400. The maximum Gasteiger partial charge on any atom is 0.336 e. The maximum absolute atomic E-state index is 13.6. The molecule has 6 heteroatoms. The lowest BCUT2D eigenvalue weighted by Gasteiger charge is -2.43. The maximum atomic E-state index is 13.6. The molecule has 1 aliphatic heterocycles. The van der Waals surface area contributed by atoms with Crippen molar-refractivity contribution in [3.05, 3.63) is 93.6 Å². The summed E-state index contributed by atoms with van der Waals surface area (Å²) >= 11 is 0. The number of aromatic carboxylic acids is 1. The summed E-state index contributed by atoms with van der Waals surface area (Å²) in [5.41, 5.74) is 3.78. The van der Waals surface area contributed by atoms with Gasteiger partial charge in [-0.1, -0.05) is 36.8 Å². The van der Waals surface area contributed by atoms with Crippen LogP contribution in [0.25, 0.3) is 0 Å². The number of rotatable bonds is 6. The second-order valence-corrected chi connectivity index (χ2v) is 10.7. The third-order valence-electron chi connectivity index (χ3n) is 8.53. The summed E-state index contributed by atoms with van der Waals surface area (Å²) in [6.07, 6.45) is 9.68. The van der Waals surface area contributed by atoms with Crippen molar-refractivity contribution in [1.82, 2.24) is 0 Å². The first kappa shape index (κ1) is 24.6. The zero-order valence-corrected chi connectivity index (χ0v) is 20.4. The summed E-state index contributed by atoms with van der Waals surface area (Å²) in [5, 5.41) is 21.4. The van der Waals surface area contributed by atoms with Gasteiger partial charge in [-0.2, -0.15) is 0 Å². The summed E-state index contributed by atoms with van der Waals surface area (Å²) < 4.78 is 26.9. The smallest absolute Gasteiger partial charge is 0.336 e. The topological polar surface area (TPSA) is 69.9 Å². The molecule has 36 heavy (non-hydrogen) atoms. The van der Waals surface area contributed by atoms with Gasteiger partial charge in [-0.3, -0.25) is 4.99 Å². The molecule has 0 aromatic heterocycles. The Hall–Kier alpha value is -3.12. The minimum atomic E-state index is -1.16. The molecule has 2 aliphatic carbocycles. The van der Waals surface area contributed by atoms with Crippen LogP contribution in [0.1, 0.15) is 66.9 Å². The Labute approximate surface area is 210 Å². The molecular weight excluding hydrogens is 460 g/mol. The number of hydrogen-bond donors (Lipinski definition) is 2. The van der Waals surface area contributed by atoms with E-state index in [0.29, 0.717) is 31.2 Å². The summed E-state index contributed by atoms with van der Waals surface area (Å²) in [4.78, 5) is 16.5. The van der Waals surface area contributed by atoms with Gasteiger partial charge in [0.1, 0.15) is 11.6 Å². The number of carbonyl (C=O) groups is 1. The SMILES string of the molecule is CC12CC3=C(C=C1CCC2(O)CCc1ccc(F)cc1C(=O)O)CCC(Cc1ccc(F)cc1)N=C3. The standard InChI is InChI=1S/C30H31F2NO3/c1-29-17-22-18-33-26(14-19-2-6-24(31)7-3-19)9-5-21(22)15-23(29)11-13-30(29,36)12-10-20-4-8-25(32)16-27(20)28(34)35/h2-4,6-8,15-16,18,26,36H,5,9-14,17H2,1H3,(H,34,35). The molecule has 188 valence electrons. The molecule has 0 amide bonds. The van der Waals surface area contributed by atoms with Crippen molar-refractivity contribution >= 4 is 12.2 Å². The van der Waals surface area contributed by atoms with Gasteiger partial charge in [0, 0.05) is 11.6 Å². The van der Waals surface area contributed by atoms with E-state index in [0.717, 1.165) is 42.9 Å². The van der Waals surface area contributed by atoms with E-state index in [4.69, 9.17) is 4.99 Å². The first-order valence-corrected chi connectivity index (χ1v) is 12.6. The minimum Gasteiger partial charge on any atom is -0.478 e. The van der Waals surface area contributed by atoms with Gasteiger partial charge in [0.2, 0.25) is 0 Å². The zero-order chi connectivity index (χ0) is 25.5. The van der Waals surface area contributed by atoms with Crippen molar-refractivity contribution in [3.63, 3.8) is 0 Å². The molecule has 1 saturated carbocycles. The van der Waals surface area contributed by atoms with E-state index >= 15 is 0 Å². The van der Waals surface area contributed by atoms with Gasteiger partial charge < -0.3 is 10.2 Å². The Morgan fingerprint density at radius 2 is 1.83 bits per heavy atom. The highest BCUT2D eigenvalue weighted by Crippen LogP contribution is 2.58. The van der Waals surface area contributed by atoms with Crippen LogP contribution in [-0.4, -0.2) is 34.0 Å². The molecule has 5 rings (SSSR count). The molecular formula is C30H31F2NO3. The van der Waals surface area contributed by atoms with Crippen LogP contribution in [0.4, 0.5) is 8.78 Å². The van der Waals surface area contributed by atoms with E-state index in [1.165, 1.54) is 35.4 Å². The number of halogens is 2. The third-order valence-corrected chi connectivity index (χ3v) is 8.53. The first-order valence-electron chi connectivity index (χ1n) is 12.6. The molecule has 2 aromatic rings. The van der Waals surface area contributed by atoms with Crippen LogP contribution in [0, 0.1) is 17.0 Å². The number of hydrogen-bond acceptors (Lipinski definition) is 3. The average Bonchev–Trinajstić information content (AvgIpc) is 2.97. The van der Waals surface area contributed by atoms with Crippen LogP contribution in [0.2, 0.25) is 0 Å². The van der Waals surface area contributed by atoms with Crippen molar-refractivity contribution in [2.75, 3.05) is 0 Å². The zero-order valence-electron chi connectivity index (χ0n) is 20.4. The van der Waals surface area contributed by atoms with E-state index in [2.05, 4.69) is 13.0 Å². The van der Waals surface area contributed by atoms with Crippen molar-refractivity contribution < 1.29 is 23.8 Å². The van der Waals surface area contributed by atoms with E-state index in [-0.39, 0.29) is 17.4 Å². The highest BCUT2D eigenvalue weighted by atomic mass is 19.1. The molecule has 0 spiro atoms. The Kier molecular flexibility index (Phi) is 6.41. The van der Waals surface area contributed by atoms with Gasteiger partial charge in [-0.05, 0) is 97.9 Å². The lowest BCUT2D eigenvalue weighted by Crippen LogP contribution is -2.44. The number of fused-ring (bicyclic) bond motifs is 1. The van der Waals surface area contributed by atoms with Crippen molar-refractivity contribution in [2.24, 2.45) is 10.4 Å². The van der Waals surface area contributed by atoms with E-state index < -0.39 is 22.8 Å². The van der Waals surface area contributed by atoms with Crippen LogP contribution >= 0.6 is 0 Å². The predicted octanol–water partition coefficient (Wildman–Crippen LogP) is 6.23. The Bertz CT molecular complexity index is 1280. The fourth-order valence-electron chi connectivity index (χ4n) is 6.21. The molecule has 3 unspecified atom stereocenters. The molecule has 3 atom stereocenters. The van der Waals surface area contributed by atoms with Gasteiger partial charge in [0.25, 0.3) is 0 Å². The van der Waals surface area contributed by atoms with Crippen molar-refractivity contribution in [2.45, 2.75) is 69.9 Å². The van der Waals surface area contributed by atoms with Crippen LogP contribution in [-0.2, 0) is 12.8 Å². The molecule has 1 fully saturated rings. The van der Waals surface area contributed by atoms with Gasteiger partial charge in [-0.25, -0.2) is 13.6 Å². The molecule has 2 aromatic carbocycles. The van der Waals surface area contributed by atoms with Gasteiger partial charge >= 0.3 is 5.97 Å². The molecule has 0 radical (unpaired) electrons. The van der Waals surface area contributed by atoms with Crippen LogP contribution < -0.4 is 0 Å². The Morgan fingerprint density at radius 3 is 2.58 bits per heavy atom. The van der Waals surface area contributed by atoms with Gasteiger partial charge in [0.15, 0.2) is 0 Å². The summed E-state index contributed by atoms with van der Waals surface area (Å²) in [6.45, 7) is 2.10. The number of benzene rings is 2. The summed E-state index contributed by atoms with van der Waals surface area (Å²) in [7, 11) is 0. The van der Waals surface area contributed by atoms with Gasteiger partial charge in [-0.15, -0.1) is 0 Å². The molecule has 0 bridgehead atoms. The summed E-state index contributed by atoms with van der Waals surface area (Å²) in [6, 6.07) is 10.5. The minimum absolute atomic E-state index is 0.0470. The van der Waals surface area contributed by atoms with Crippen molar-refractivity contribution in [3.8, 4) is 0 Å². The number of carboxylic acids is 1. The fourth-order valence-corrected chi connectivity index (χ4v) is 6.21. The average molecular weight is 492 g/mol. The van der Waals surface area contributed by atoms with Crippen molar-refractivity contribution in [1.29, 1.82) is 0 Å². The molecule has 1 heterocycles. The van der Waals surface area contributed by atoms with Gasteiger partial charge in [0.05, 0.1) is 17.2 Å². The number of aliphatic imine (C=N–C) groups is 1. The van der Waals surface area contributed by atoms with Crippen LogP contribution in [0.3, 0.4) is 0 Å². The van der Waals surface area contributed by atoms with Crippen LogP contribution in [0.5, 0.6) is 0 Å². The molecule has 2 N–H and O–H groups in total. The quantitative estimate of drug-likeness (QED) is 0.503. The van der Waals surface area contributed by atoms with Crippen LogP contribution in [0.15, 0.2) is 70.3 Å². The first-order chi connectivity index (χ1) is 17.2. The highest BCUT2D eigenvalue weighted by molar-refractivity contribution is 5.89. The number of carboxylic acid groups (broad SMARTS) is 1. The molecule has 4 nitrogen and oxygen atoms in total. The largest absolute Gasteiger partial charge is 0.478 e. The van der Waals surface area contributed by atoms with E-state index in [1.807, 2.05) is 18.3 Å². The lowest BCUT2D eigenvalue weighted by atomic mass is 9.64. The number of nitrogens with zero attached hydrogens (tertiary/aromatic N) is 1. The normalized spacial score (nSPS) is 27.3. The second kappa shape index (κ2) is 9.40.